The monoisotopic (exact) mass is 301 g/mol. The smallest absolute Gasteiger partial charge is 0.255 e. The zero-order chi connectivity index (χ0) is 13.9. The minimum Gasteiger partial charge on any atom is -0.326 e. The number of amides is 1. The van der Waals surface area contributed by atoms with Gasteiger partial charge in [-0.15, -0.1) is 12.4 Å². The minimum absolute atomic E-state index is 0. The van der Waals surface area contributed by atoms with Gasteiger partial charge in [0.05, 0.1) is 5.69 Å². The second-order valence-corrected chi connectivity index (χ2v) is 4.70. The Labute approximate surface area is 129 Å². The van der Waals surface area contributed by atoms with Crippen LogP contribution in [0.2, 0.25) is 0 Å². The molecule has 2 aromatic rings. The number of aryl methyl sites for hydroxylation is 1. The van der Waals surface area contributed by atoms with Crippen LogP contribution in [-0.4, -0.2) is 18.4 Å². The van der Waals surface area contributed by atoms with E-state index in [9.17, 15) is 4.79 Å². The van der Waals surface area contributed by atoms with Crippen LogP contribution in [0.4, 0.5) is 11.4 Å². The summed E-state index contributed by atoms with van der Waals surface area (Å²) in [6.07, 6.45) is 0. The summed E-state index contributed by atoms with van der Waals surface area (Å²) in [5.74, 6) is 0.552. The van der Waals surface area contributed by atoms with Crippen LogP contribution < -0.4 is 10.2 Å². The average Bonchev–Trinajstić information content (AvgIpc) is 2.83. The first-order valence-corrected chi connectivity index (χ1v) is 6.50. The lowest BCUT2D eigenvalue weighted by Gasteiger charge is -2.19. The highest BCUT2D eigenvalue weighted by molar-refractivity contribution is 6.24. The maximum atomic E-state index is 12.0. The van der Waals surface area contributed by atoms with Gasteiger partial charge in [0.25, 0.3) is 5.91 Å². The van der Waals surface area contributed by atoms with Crippen molar-refractivity contribution in [1.29, 1.82) is 0 Å². The molecular formula is C16H16ClN3O. The number of halogens is 1. The molecule has 0 fully saturated rings. The second kappa shape index (κ2) is 6.41. The number of anilines is 2. The number of rotatable bonds is 2. The number of hydrogen-bond acceptors (Lipinski definition) is 3. The van der Waals surface area contributed by atoms with E-state index in [1.165, 1.54) is 5.56 Å². The summed E-state index contributed by atoms with van der Waals surface area (Å²) in [6, 6.07) is 17.5. The van der Waals surface area contributed by atoms with Gasteiger partial charge in [0.15, 0.2) is 0 Å². The van der Waals surface area contributed by atoms with Crippen LogP contribution in [0.3, 0.4) is 0 Å². The van der Waals surface area contributed by atoms with Gasteiger partial charge >= 0.3 is 0 Å². The van der Waals surface area contributed by atoms with E-state index in [-0.39, 0.29) is 24.9 Å². The first kappa shape index (κ1) is 15.1. The van der Waals surface area contributed by atoms with Gasteiger partial charge in [-0.2, -0.15) is 0 Å². The summed E-state index contributed by atoms with van der Waals surface area (Å²) >= 11 is 0. The first-order valence-electron chi connectivity index (χ1n) is 6.50. The Morgan fingerprint density at radius 2 is 1.71 bits per heavy atom. The van der Waals surface area contributed by atoms with Crippen molar-refractivity contribution >= 4 is 35.6 Å². The summed E-state index contributed by atoms with van der Waals surface area (Å²) in [5, 5.41) is 3.20. The topological polar surface area (TPSA) is 44.7 Å². The quantitative estimate of drug-likeness (QED) is 0.925. The van der Waals surface area contributed by atoms with Gasteiger partial charge in [-0.25, -0.2) is 9.89 Å². The Morgan fingerprint density at radius 3 is 2.38 bits per heavy atom. The highest BCUT2D eigenvalue weighted by Gasteiger charge is 2.26. The van der Waals surface area contributed by atoms with Crippen LogP contribution in [0.5, 0.6) is 0 Å². The van der Waals surface area contributed by atoms with Gasteiger partial charge in [0.1, 0.15) is 6.54 Å². The van der Waals surface area contributed by atoms with Gasteiger partial charge in [-0.1, -0.05) is 35.9 Å². The van der Waals surface area contributed by atoms with E-state index in [2.05, 4.69) is 10.3 Å². The summed E-state index contributed by atoms with van der Waals surface area (Å²) in [7, 11) is 0. The van der Waals surface area contributed by atoms with Crippen LogP contribution >= 0.6 is 12.4 Å². The molecule has 1 heterocycles. The fraction of sp³-hybridized carbons (Fsp3) is 0.125. The SMILES string of the molecule is Cc1ccc(NC2=NCC(=O)N2c2ccccc2)cc1.Cl. The van der Waals surface area contributed by atoms with E-state index in [1.54, 1.807) is 4.90 Å². The van der Waals surface area contributed by atoms with Crippen molar-refractivity contribution < 1.29 is 4.79 Å². The fourth-order valence-electron chi connectivity index (χ4n) is 2.11. The molecule has 1 aliphatic rings. The molecule has 0 saturated heterocycles. The Kier molecular flexibility index (Phi) is 4.60. The number of para-hydroxylation sites is 1. The predicted octanol–water partition coefficient (Wildman–Crippen LogP) is 3.23. The van der Waals surface area contributed by atoms with Crippen molar-refractivity contribution in [2.45, 2.75) is 6.92 Å². The molecule has 0 bridgehead atoms. The minimum atomic E-state index is -0.0224. The van der Waals surface area contributed by atoms with Crippen LogP contribution in [-0.2, 0) is 4.79 Å². The zero-order valence-corrected chi connectivity index (χ0v) is 12.4. The summed E-state index contributed by atoms with van der Waals surface area (Å²) in [4.78, 5) is 17.9. The Morgan fingerprint density at radius 1 is 1.05 bits per heavy atom. The van der Waals surface area contributed by atoms with Crippen molar-refractivity contribution in [2.75, 3.05) is 16.8 Å². The van der Waals surface area contributed by atoms with Crippen molar-refractivity contribution in [3.8, 4) is 0 Å². The molecule has 0 spiro atoms. The van der Waals surface area contributed by atoms with Gasteiger partial charge in [-0.3, -0.25) is 4.79 Å². The zero-order valence-electron chi connectivity index (χ0n) is 11.6. The van der Waals surface area contributed by atoms with E-state index >= 15 is 0 Å². The molecule has 0 unspecified atom stereocenters. The van der Waals surface area contributed by atoms with E-state index in [0.717, 1.165) is 11.4 Å². The fourth-order valence-corrected chi connectivity index (χ4v) is 2.11. The molecule has 21 heavy (non-hydrogen) atoms. The number of nitrogens with one attached hydrogen (secondary N) is 1. The van der Waals surface area contributed by atoms with Gasteiger partial charge in [0, 0.05) is 5.69 Å². The van der Waals surface area contributed by atoms with Crippen molar-refractivity contribution in [3.63, 3.8) is 0 Å². The predicted molar refractivity (Wildman–Crippen MR) is 88.3 cm³/mol. The van der Waals surface area contributed by atoms with Crippen LogP contribution in [0.1, 0.15) is 5.56 Å². The molecule has 0 atom stereocenters. The van der Waals surface area contributed by atoms with Crippen molar-refractivity contribution in [2.24, 2.45) is 4.99 Å². The first-order chi connectivity index (χ1) is 9.74. The lowest BCUT2D eigenvalue weighted by Crippen LogP contribution is -2.36. The molecule has 0 aliphatic carbocycles. The Balaban J connectivity index is 0.00000161. The molecule has 1 amide bonds. The number of aliphatic imine (C=N–C) groups is 1. The van der Waals surface area contributed by atoms with Crippen molar-refractivity contribution in [1.82, 2.24) is 0 Å². The summed E-state index contributed by atoms with van der Waals surface area (Å²) in [6.45, 7) is 2.22. The summed E-state index contributed by atoms with van der Waals surface area (Å²) in [5.41, 5.74) is 2.94. The Hall–Kier alpha value is -2.33. The molecule has 5 heteroatoms. The largest absolute Gasteiger partial charge is 0.326 e. The maximum absolute atomic E-state index is 12.0. The number of guanidine groups is 1. The molecule has 1 N–H and O–H groups in total. The molecule has 1 aliphatic heterocycles. The third kappa shape index (κ3) is 3.23. The molecule has 108 valence electrons. The van der Waals surface area contributed by atoms with Gasteiger partial charge < -0.3 is 5.32 Å². The number of nitrogens with zero attached hydrogens (tertiary/aromatic N) is 2. The third-order valence-corrected chi connectivity index (χ3v) is 3.15. The number of carbonyl (C=O) groups excluding carboxylic acids is 1. The Bertz CT molecular complexity index is 653. The average molecular weight is 302 g/mol. The van der Waals surface area contributed by atoms with Crippen LogP contribution in [0, 0.1) is 6.92 Å². The van der Waals surface area contributed by atoms with E-state index < -0.39 is 0 Å². The lowest BCUT2D eigenvalue weighted by atomic mass is 10.2. The third-order valence-electron chi connectivity index (χ3n) is 3.15. The molecule has 2 aromatic carbocycles. The molecule has 4 nitrogen and oxygen atoms in total. The van der Waals surface area contributed by atoms with E-state index in [0.29, 0.717) is 5.96 Å². The second-order valence-electron chi connectivity index (χ2n) is 4.70. The van der Waals surface area contributed by atoms with Crippen molar-refractivity contribution in [3.05, 3.63) is 60.2 Å². The van der Waals surface area contributed by atoms with E-state index in [4.69, 9.17) is 0 Å². The normalized spacial score (nSPS) is 13.7. The standard InChI is InChI=1S/C16H15N3O.ClH/c1-12-7-9-13(10-8-12)18-16-17-11-15(20)19(16)14-5-3-2-4-6-14;/h2-10H,11H2,1H3,(H,17,18);1H. The molecule has 3 rings (SSSR count). The van der Waals surface area contributed by atoms with E-state index in [1.807, 2.05) is 61.5 Å². The summed E-state index contributed by atoms with van der Waals surface area (Å²) < 4.78 is 0. The molecule has 0 radical (unpaired) electrons. The number of carbonyl (C=O) groups is 1. The number of hydrogen-bond donors (Lipinski definition) is 1. The number of benzene rings is 2. The van der Waals surface area contributed by atoms with Gasteiger partial charge in [-0.05, 0) is 31.2 Å². The molecule has 0 aromatic heterocycles. The lowest BCUT2D eigenvalue weighted by molar-refractivity contribution is -0.115. The maximum Gasteiger partial charge on any atom is 0.255 e. The van der Waals surface area contributed by atoms with Crippen LogP contribution in [0.25, 0.3) is 0 Å². The van der Waals surface area contributed by atoms with Crippen LogP contribution in [0.15, 0.2) is 59.6 Å². The molecule has 0 saturated carbocycles. The highest BCUT2D eigenvalue weighted by Crippen LogP contribution is 2.19. The molecular weight excluding hydrogens is 286 g/mol. The highest BCUT2D eigenvalue weighted by atomic mass is 35.5. The van der Waals surface area contributed by atoms with Gasteiger partial charge in [0.2, 0.25) is 5.96 Å².